The van der Waals surface area contributed by atoms with E-state index in [2.05, 4.69) is 22.2 Å². The normalized spacial score (nSPS) is 24.8. The van der Waals surface area contributed by atoms with Crippen LogP contribution >= 0.6 is 0 Å². The largest absolute Gasteiger partial charge is 0.311 e. The van der Waals surface area contributed by atoms with E-state index in [0.717, 1.165) is 30.6 Å². The van der Waals surface area contributed by atoms with Gasteiger partial charge in [0.1, 0.15) is 6.33 Å². The van der Waals surface area contributed by atoms with Gasteiger partial charge in [-0.1, -0.05) is 26.2 Å². The molecule has 1 heterocycles. The molecular weight excluding hydrogens is 210 g/mol. The van der Waals surface area contributed by atoms with E-state index in [1.807, 2.05) is 6.07 Å². The molecule has 1 aliphatic carbocycles. The second-order valence-electron chi connectivity index (χ2n) is 5.13. The third-order valence-electron chi connectivity index (χ3n) is 3.93. The van der Waals surface area contributed by atoms with E-state index in [1.165, 1.54) is 32.1 Å². The van der Waals surface area contributed by atoms with Crippen molar-refractivity contribution in [1.82, 2.24) is 15.3 Å². The Bertz CT molecular complexity index is 305. The first-order valence-corrected chi connectivity index (χ1v) is 6.84. The van der Waals surface area contributed by atoms with E-state index in [9.17, 15) is 0 Å². The highest BCUT2D eigenvalue weighted by molar-refractivity contribution is 4.96. The van der Waals surface area contributed by atoms with Crippen molar-refractivity contribution in [3.8, 4) is 0 Å². The summed E-state index contributed by atoms with van der Waals surface area (Å²) in [5.41, 5.74) is 1.09. The molecule has 2 rings (SSSR count). The topological polar surface area (TPSA) is 37.8 Å². The van der Waals surface area contributed by atoms with Gasteiger partial charge < -0.3 is 5.32 Å². The average molecular weight is 233 g/mol. The summed E-state index contributed by atoms with van der Waals surface area (Å²) in [7, 11) is 0. The number of hydrogen-bond donors (Lipinski definition) is 1. The molecule has 0 spiro atoms. The molecule has 1 aliphatic rings. The summed E-state index contributed by atoms with van der Waals surface area (Å²) in [4.78, 5) is 8.14. The number of aromatic nitrogens is 2. The molecule has 1 N–H and O–H groups in total. The molecule has 1 aromatic heterocycles. The van der Waals surface area contributed by atoms with Gasteiger partial charge in [0.05, 0.1) is 5.69 Å². The van der Waals surface area contributed by atoms with Gasteiger partial charge in [-0.3, -0.25) is 0 Å². The van der Waals surface area contributed by atoms with Gasteiger partial charge in [-0.2, -0.15) is 0 Å². The molecular formula is C14H23N3. The molecule has 17 heavy (non-hydrogen) atoms. The highest BCUT2D eigenvalue weighted by Gasteiger charge is 2.19. The first-order chi connectivity index (χ1) is 8.38. The Hall–Kier alpha value is -0.960. The van der Waals surface area contributed by atoms with Crippen molar-refractivity contribution in [2.24, 2.45) is 11.8 Å². The number of rotatable bonds is 5. The van der Waals surface area contributed by atoms with Gasteiger partial charge >= 0.3 is 0 Å². The van der Waals surface area contributed by atoms with Gasteiger partial charge in [0.15, 0.2) is 0 Å². The lowest BCUT2D eigenvalue weighted by atomic mass is 9.81. The molecule has 0 saturated heterocycles. The molecule has 0 radical (unpaired) electrons. The van der Waals surface area contributed by atoms with Gasteiger partial charge in [-0.25, -0.2) is 9.97 Å². The second-order valence-corrected chi connectivity index (χ2v) is 5.13. The summed E-state index contributed by atoms with van der Waals surface area (Å²) in [5, 5.41) is 3.51. The number of hydrogen-bond acceptors (Lipinski definition) is 3. The Morgan fingerprint density at radius 3 is 2.65 bits per heavy atom. The zero-order chi connectivity index (χ0) is 11.9. The Kier molecular flexibility index (Phi) is 4.92. The summed E-state index contributed by atoms with van der Waals surface area (Å²) in [6, 6.07) is 1.97. The predicted molar refractivity (Wildman–Crippen MR) is 69.5 cm³/mol. The molecule has 0 amide bonds. The summed E-state index contributed by atoms with van der Waals surface area (Å²) in [5.74, 6) is 1.87. The van der Waals surface area contributed by atoms with Crippen molar-refractivity contribution < 1.29 is 0 Å². The zero-order valence-electron chi connectivity index (χ0n) is 10.7. The monoisotopic (exact) mass is 233 g/mol. The van der Waals surface area contributed by atoms with Crippen LogP contribution in [0.5, 0.6) is 0 Å². The van der Waals surface area contributed by atoms with Crippen LogP contribution in [0.2, 0.25) is 0 Å². The molecule has 0 unspecified atom stereocenters. The van der Waals surface area contributed by atoms with Crippen LogP contribution in [-0.2, 0) is 6.54 Å². The first kappa shape index (κ1) is 12.5. The van der Waals surface area contributed by atoms with Crippen LogP contribution in [0.4, 0.5) is 0 Å². The maximum atomic E-state index is 4.21. The molecule has 3 heteroatoms. The number of nitrogens with one attached hydrogen (secondary N) is 1. The van der Waals surface area contributed by atoms with Crippen LogP contribution in [0.15, 0.2) is 18.6 Å². The zero-order valence-corrected chi connectivity index (χ0v) is 10.7. The predicted octanol–water partition coefficient (Wildman–Crippen LogP) is 2.78. The molecule has 0 bridgehead atoms. The van der Waals surface area contributed by atoms with Crippen LogP contribution in [0.25, 0.3) is 0 Å². The molecule has 1 aromatic rings. The summed E-state index contributed by atoms with van der Waals surface area (Å²) < 4.78 is 0. The minimum atomic E-state index is 0.871. The lowest BCUT2D eigenvalue weighted by Crippen LogP contribution is -2.26. The maximum Gasteiger partial charge on any atom is 0.115 e. The minimum absolute atomic E-state index is 0.871. The second kappa shape index (κ2) is 6.70. The molecule has 0 atom stereocenters. The SMILES string of the molecule is CCC1CCC(CNCc2ccncn2)CC1. The van der Waals surface area contributed by atoms with Gasteiger partial charge in [0, 0.05) is 12.7 Å². The standard InChI is InChI=1S/C14H23N3/c1-2-12-3-5-13(6-4-12)9-16-10-14-7-8-15-11-17-14/h7-8,11-13,16H,2-6,9-10H2,1H3. The smallest absolute Gasteiger partial charge is 0.115 e. The fourth-order valence-electron chi connectivity index (χ4n) is 2.67. The van der Waals surface area contributed by atoms with Crippen molar-refractivity contribution in [2.75, 3.05) is 6.54 Å². The average Bonchev–Trinajstić information content (AvgIpc) is 2.41. The van der Waals surface area contributed by atoms with E-state index in [-0.39, 0.29) is 0 Å². The highest BCUT2D eigenvalue weighted by Crippen LogP contribution is 2.30. The Morgan fingerprint density at radius 1 is 1.24 bits per heavy atom. The van der Waals surface area contributed by atoms with Crippen LogP contribution < -0.4 is 5.32 Å². The van der Waals surface area contributed by atoms with Crippen molar-refractivity contribution in [1.29, 1.82) is 0 Å². The Balaban J connectivity index is 1.63. The molecule has 0 aliphatic heterocycles. The summed E-state index contributed by atoms with van der Waals surface area (Å²) in [6.07, 6.45) is 10.4. The molecule has 1 saturated carbocycles. The van der Waals surface area contributed by atoms with Crippen molar-refractivity contribution in [3.63, 3.8) is 0 Å². The Labute approximate surface area is 104 Å². The van der Waals surface area contributed by atoms with Crippen LogP contribution in [0.3, 0.4) is 0 Å². The first-order valence-electron chi connectivity index (χ1n) is 6.84. The molecule has 3 nitrogen and oxygen atoms in total. The van der Waals surface area contributed by atoms with Crippen LogP contribution in [0.1, 0.15) is 44.7 Å². The van der Waals surface area contributed by atoms with Gasteiger partial charge in [-0.05, 0) is 37.3 Å². The fourth-order valence-corrected chi connectivity index (χ4v) is 2.67. The highest BCUT2D eigenvalue weighted by atomic mass is 14.9. The van der Waals surface area contributed by atoms with E-state index >= 15 is 0 Å². The van der Waals surface area contributed by atoms with Crippen LogP contribution in [-0.4, -0.2) is 16.5 Å². The van der Waals surface area contributed by atoms with Crippen LogP contribution in [0, 0.1) is 11.8 Å². The lowest BCUT2D eigenvalue weighted by Gasteiger charge is -2.27. The van der Waals surface area contributed by atoms with E-state index in [4.69, 9.17) is 0 Å². The van der Waals surface area contributed by atoms with E-state index in [0.29, 0.717) is 0 Å². The number of nitrogens with zero attached hydrogens (tertiary/aromatic N) is 2. The van der Waals surface area contributed by atoms with Gasteiger partial charge in [0.2, 0.25) is 0 Å². The lowest BCUT2D eigenvalue weighted by molar-refractivity contribution is 0.262. The molecule has 0 aromatic carbocycles. The Morgan fingerprint density at radius 2 is 2.00 bits per heavy atom. The van der Waals surface area contributed by atoms with Gasteiger partial charge in [-0.15, -0.1) is 0 Å². The van der Waals surface area contributed by atoms with E-state index in [1.54, 1.807) is 12.5 Å². The third-order valence-corrected chi connectivity index (χ3v) is 3.93. The van der Waals surface area contributed by atoms with Crippen molar-refractivity contribution in [2.45, 2.75) is 45.6 Å². The van der Waals surface area contributed by atoms with Gasteiger partial charge in [0.25, 0.3) is 0 Å². The molecule has 94 valence electrons. The van der Waals surface area contributed by atoms with Crippen molar-refractivity contribution >= 4 is 0 Å². The maximum absolute atomic E-state index is 4.21. The quantitative estimate of drug-likeness (QED) is 0.849. The third kappa shape index (κ3) is 4.08. The summed E-state index contributed by atoms with van der Waals surface area (Å²) in [6.45, 7) is 4.33. The summed E-state index contributed by atoms with van der Waals surface area (Å²) >= 11 is 0. The minimum Gasteiger partial charge on any atom is -0.311 e. The van der Waals surface area contributed by atoms with E-state index < -0.39 is 0 Å². The molecule has 1 fully saturated rings. The van der Waals surface area contributed by atoms with Crippen molar-refractivity contribution in [3.05, 3.63) is 24.3 Å². The fraction of sp³-hybridized carbons (Fsp3) is 0.714.